The molecule has 7 nitrogen and oxygen atoms in total. The lowest BCUT2D eigenvalue weighted by molar-refractivity contribution is -0.139. The summed E-state index contributed by atoms with van der Waals surface area (Å²) in [6.07, 6.45) is 9.29. The molecule has 1 saturated carbocycles. The molecule has 160 valence electrons. The first kappa shape index (κ1) is 20.4. The maximum absolute atomic E-state index is 12.8. The van der Waals surface area contributed by atoms with Crippen LogP contribution in [0.2, 0.25) is 0 Å². The minimum Gasteiger partial charge on any atom is -0.378 e. The fourth-order valence-corrected chi connectivity index (χ4v) is 4.61. The van der Waals surface area contributed by atoms with Crippen molar-refractivity contribution in [2.75, 3.05) is 32.8 Å². The van der Waals surface area contributed by atoms with Crippen LogP contribution in [0.1, 0.15) is 56.5 Å². The number of ether oxygens (including phenoxy) is 1. The van der Waals surface area contributed by atoms with E-state index in [2.05, 4.69) is 16.5 Å². The Kier molecular flexibility index (Phi) is 6.53. The standard InChI is InChI=1S/C22H34N4O3/c1-17-15-23-20(26(17)16-18-4-5-18)7-6-19-3-2-10-25(19)22(28)9-8-21(27)24-11-13-29-14-12-24/h15,18-19H,2-14,16H2,1H3. The summed E-state index contributed by atoms with van der Waals surface area (Å²) in [5, 5.41) is 0. The Morgan fingerprint density at radius 3 is 2.62 bits per heavy atom. The summed E-state index contributed by atoms with van der Waals surface area (Å²) >= 11 is 0. The van der Waals surface area contributed by atoms with Crippen molar-refractivity contribution in [3.05, 3.63) is 17.7 Å². The predicted octanol–water partition coefficient (Wildman–Crippen LogP) is 2.16. The van der Waals surface area contributed by atoms with E-state index in [1.54, 1.807) is 0 Å². The van der Waals surface area contributed by atoms with Crippen LogP contribution < -0.4 is 0 Å². The first-order valence-corrected chi connectivity index (χ1v) is 11.3. The van der Waals surface area contributed by atoms with Gasteiger partial charge in [-0.3, -0.25) is 9.59 Å². The number of aromatic nitrogens is 2. The highest BCUT2D eigenvalue weighted by molar-refractivity contribution is 5.84. The molecular weight excluding hydrogens is 368 g/mol. The summed E-state index contributed by atoms with van der Waals surface area (Å²) in [5.41, 5.74) is 1.24. The van der Waals surface area contributed by atoms with Crippen molar-refractivity contribution in [2.45, 2.75) is 70.9 Å². The lowest BCUT2D eigenvalue weighted by atomic mass is 10.1. The Bertz CT molecular complexity index is 722. The van der Waals surface area contributed by atoms with E-state index in [0.29, 0.717) is 39.1 Å². The van der Waals surface area contributed by atoms with E-state index >= 15 is 0 Å². The quantitative estimate of drug-likeness (QED) is 0.668. The molecule has 0 radical (unpaired) electrons. The summed E-state index contributed by atoms with van der Waals surface area (Å²) in [4.78, 5) is 33.6. The van der Waals surface area contributed by atoms with Crippen molar-refractivity contribution in [2.24, 2.45) is 5.92 Å². The lowest BCUT2D eigenvalue weighted by Gasteiger charge is -2.28. The van der Waals surface area contributed by atoms with E-state index in [0.717, 1.165) is 50.5 Å². The van der Waals surface area contributed by atoms with Gasteiger partial charge >= 0.3 is 0 Å². The van der Waals surface area contributed by atoms with Crippen molar-refractivity contribution >= 4 is 11.8 Å². The lowest BCUT2D eigenvalue weighted by Crippen LogP contribution is -2.41. The maximum atomic E-state index is 12.8. The van der Waals surface area contributed by atoms with Gasteiger partial charge in [-0.05, 0) is 44.9 Å². The molecule has 4 rings (SSSR count). The number of likely N-dealkylation sites (tertiary alicyclic amines) is 1. The fraction of sp³-hybridized carbons (Fsp3) is 0.773. The Morgan fingerprint density at radius 1 is 1.10 bits per heavy atom. The minimum absolute atomic E-state index is 0.0787. The van der Waals surface area contributed by atoms with Crippen LogP contribution in [-0.2, 0) is 27.3 Å². The molecule has 29 heavy (non-hydrogen) atoms. The molecule has 1 aromatic rings. The number of carbonyl (C=O) groups is 2. The first-order valence-electron chi connectivity index (χ1n) is 11.3. The third-order valence-corrected chi connectivity index (χ3v) is 6.59. The third-order valence-electron chi connectivity index (χ3n) is 6.59. The van der Waals surface area contributed by atoms with Crippen LogP contribution in [-0.4, -0.2) is 70.1 Å². The number of nitrogens with zero attached hydrogens (tertiary/aromatic N) is 4. The van der Waals surface area contributed by atoms with E-state index in [9.17, 15) is 9.59 Å². The summed E-state index contributed by atoms with van der Waals surface area (Å²) < 4.78 is 7.67. The average Bonchev–Trinajstić information content (AvgIpc) is 3.33. The van der Waals surface area contributed by atoms with Crippen LogP contribution in [0.3, 0.4) is 0 Å². The van der Waals surface area contributed by atoms with Gasteiger partial charge in [0.25, 0.3) is 0 Å². The molecule has 2 aliphatic heterocycles. The second-order valence-electron chi connectivity index (χ2n) is 8.78. The number of hydrogen-bond acceptors (Lipinski definition) is 4. The van der Waals surface area contributed by atoms with Gasteiger partial charge < -0.3 is 19.1 Å². The zero-order valence-corrected chi connectivity index (χ0v) is 17.6. The van der Waals surface area contributed by atoms with Gasteiger partial charge in [0.1, 0.15) is 5.82 Å². The summed E-state index contributed by atoms with van der Waals surface area (Å²) in [7, 11) is 0. The molecule has 0 N–H and O–H groups in total. The maximum Gasteiger partial charge on any atom is 0.223 e. The van der Waals surface area contributed by atoms with Gasteiger partial charge in [0.05, 0.1) is 13.2 Å². The molecular formula is C22H34N4O3. The van der Waals surface area contributed by atoms with Gasteiger partial charge in [-0.2, -0.15) is 0 Å². The summed E-state index contributed by atoms with van der Waals surface area (Å²) in [6, 6.07) is 0.285. The number of morpholine rings is 1. The summed E-state index contributed by atoms with van der Waals surface area (Å²) in [6.45, 7) is 6.55. The topological polar surface area (TPSA) is 67.7 Å². The fourth-order valence-electron chi connectivity index (χ4n) is 4.61. The van der Waals surface area contributed by atoms with Crippen LogP contribution in [0.25, 0.3) is 0 Å². The molecule has 0 bridgehead atoms. The van der Waals surface area contributed by atoms with Crippen LogP contribution in [0.4, 0.5) is 0 Å². The molecule has 2 amide bonds. The second-order valence-corrected chi connectivity index (χ2v) is 8.78. The number of aryl methyl sites for hydroxylation is 2. The highest BCUT2D eigenvalue weighted by Crippen LogP contribution is 2.32. The van der Waals surface area contributed by atoms with Gasteiger partial charge in [0, 0.05) is 63.4 Å². The van der Waals surface area contributed by atoms with E-state index < -0.39 is 0 Å². The Balaban J connectivity index is 1.26. The Labute approximate surface area is 173 Å². The summed E-state index contributed by atoms with van der Waals surface area (Å²) in [5.74, 6) is 2.20. The van der Waals surface area contributed by atoms with E-state index in [-0.39, 0.29) is 17.9 Å². The number of hydrogen-bond donors (Lipinski definition) is 0. The molecule has 1 aromatic heterocycles. The monoisotopic (exact) mass is 402 g/mol. The van der Waals surface area contributed by atoms with Crippen molar-refractivity contribution in [1.29, 1.82) is 0 Å². The van der Waals surface area contributed by atoms with Crippen molar-refractivity contribution in [3.63, 3.8) is 0 Å². The molecule has 1 unspecified atom stereocenters. The molecule has 0 aromatic carbocycles. The van der Waals surface area contributed by atoms with Crippen molar-refractivity contribution in [1.82, 2.24) is 19.4 Å². The Morgan fingerprint density at radius 2 is 1.86 bits per heavy atom. The SMILES string of the molecule is Cc1cnc(CCC2CCCN2C(=O)CCC(=O)N2CCOCC2)n1CC1CC1. The number of rotatable bonds is 8. The molecule has 0 spiro atoms. The van der Waals surface area contributed by atoms with Crippen molar-refractivity contribution < 1.29 is 14.3 Å². The van der Waals surface area contributed by atoms with E-state index in [1.807, 2.05) is 16.0 Å². The van der Waals surface area contributed by atoms with Gasteiger partial charge in [-0.15, -0.1) is 0 Å². The van der Waals surface area contributed by atoms with Crippen molar-refractivity contribution in [3.8, 4) is 0 Å². The van der Waals surface area contributed by atoms with Crippen LogP contribution >= 0.6 is 0 Å². The van der Waals surface area contributed by atoms with Gasteiger partial charge in [-0.25, -0.2) is 4.98 Å². The zero-order valence-electron chi connectivity index (χ0n) is 17.6. The van der Waals surface area contributed by atoms with E-state index in [4.69, 9.17) is 4.74 Å². The van der Waals surface area contributed by atoms with Crippen LogP contribution in [0.5, 0.6) is 0 Å². The predicted molar refractivity (Wildman–Crippen MR) is 109 cm³/mol. The largest absolute Gasteiger partial charge is 0.378 e. The highest BCUT2D eigenvalue weighted by Gasteiger charge is 2.30. The molecule has 1 aliphatic carbocycles. The van der Waals surface area contributed by atoms with Crippen LogP contribution in [0.15, 0.2) is 6.20 Å². The van der Waals surface area contributed by atoms with Gasteiger partial charge in [-0.1, -0.05) is 0 Å². The zero-order chi connectivity index (χ0) is 20.2. The average molecular weight is 403 g/mol. The van der Waals surface area contributed by atoms with Gasteiger partial charge in [0.2, 0.25) is 11.8 Å². The highest BCUT2D eigenvalue weighted by atomic mass is 16.5. The minimum atomic E-state index is 0.0787. The molecule has 3 fully saturated rings. The number of amides is 2. The molecule has 3 aliphatic rings. The first-order chi connectivity index (χ1) is 14.1. The Hall–Kier alpha value is -1.89. The molecule has 1 atom stereocenters. The molecule has 2 saturated heterocycles. The second kappa shape index (κ2) is 9.28. The number of imidazole rings is 1. The van der Waals surface area contributed by atoms with Gasteiger partial charge in [0.15, 0.2) is 0 Å². The third kappa shape index (κ3) is 5.18. The smallest absolute Gasteiger partial charge is 0.223 e. The molecule has 7 heteroatoms. The van der Waals surface area contributed by atoms with Crippen LogP contribution in [0, 0.1) is 12.8 Å². The normalized spacial score (nSPS) is 22.3. The van der Waals surface area contributed by atoms with E-state index in [1.165, 1.54) is 18.5 Å². The number of carbonyl (C=O) groups excluding carboxylic acids is 2. The molecule has 3 heterocycles.